The van der Waals surface area contributed by atoms with Gasteiger partial charge in [-0.1, -0.05) is 6.07 Å². The van der Waals surface area contributed by atoms with Gasteiger partial charge in [-0.15, -0.1) is 12.4 Å². The topological polar surface area (TPSA) is 50.4 Å². The molecule has 94 valence electrons. The lowest BCUT2D eigenvalue weighted by Crippen LogP contribution is -2.23. The van der Waals surface area contributed by atoms with Crippen LogP contribution in [0.2, 0.25) is 0 Å². The van der Waals surface area contributed by atoms with Crippen molar-refractivity contribution in [3.63, 3.8) is 0 Å². The van der Waals surface area contributed by atoms with Crippen LogP contribution in [-0.4, -0.2) is 26.2 Å². The summed E-state index contributed by atoms with van der Waals surface area (Å²) < 4.78 is 4.57. The molecule has 2 rings (SSSR count). The van der Waals surface area contributed by atoms with Crippen molar-refractivity contribution < 1.29 is 9.53 Å². The van der Waals surface area contributed by atoms with Crippen molar-refractivity contribution in [2.45, 2.75) is 13.0 Å². The van der Waals surface area contributed by atoms with Gasteiger partial charge in [-0.2, -0.15) is 0 Å². The second kappa shape index (κ2) is 6.47. The number of carbonyl (C=O) groups is 1. The van der Waals surface area contributed by atoms with E-state index in [1.165, 1.54) is 18.2 Å². The Balaban J connectivity index is 0.00000144. The summed E-state index contributed by atoms with van der Waals surface area (Å²) >= 11 is 0. The molecule has 0 saturated carbocycles. The van der Waals surface area contributed by atoms with Gasteiger partial charge in [0.2, 0.25) is 0 Å². The molecular weight excluding hydrogens is 240 g/mol. The van der Waals surface area contributed by atoms with E-state index in [2.05, 4.69) is 27.5 Å². The number of carbonyl (C=O) groups excluding carboxylic acids is 1. The molecule has 0 amide bonds. The smallest absolute Gasteiger partial charge is 0.325 e. The highest BCUT2D eigenvalue weighted by Crippen LogP contribution is 2.18. The normalized spacial score (nSPS) is 13.2. The molecule has 0 unspecified atom stereocenters. The molecule has 0 fully saturated rings. The average molecular weight is 257 g/mol. The molecule has 0 atom stereocenters. The minimum atomic E-state index is -0.254. The Hall–Kier alpha value is -1.26. The fourth-order valence-electron chi connectivity index (χ4n) is 1.84. The van der Waals surface area contributed by atoms with Gasteiger partial charge in [0.1, 0.15) is 6.54 Å². The molecule has 1 aromatic rings. The number of anilines is 1. The zero-order valence-electron chi connectivity index (χ0n) is 9.79. The first-order chi connectivity index (χ1) is 7.79. The summed E-state index contributed by atoms with van der Waals surface area (Å²) in [4.78, 5) is 11.0. The van der Waals surface area contributed by atoms with Crippen LogP contribution < -0.4 is 10.6 Å². The van der Waals surface area contributed by atoms with Crippen molar-refractivity contribution in [3.05, 3.63) is 29.3 Å². The van der Waals surface area contributed by atoms with Gasteiger partial charge in [0.05, 0.1) is 7.11 Å². The zero-order valence-corrected chi connectivity index (χ0v) is 10.6. The van der Waals surface area contributed by atoms with E-state index in [9.17, 15) is 4.79 Å². The quantitative estimate of drug-likeness (QED) is 0.802. The van der Waals surface area contributed by atoms with Gasteiger partial charge in [0, 0.05) is 12.2 Å². The van der Waals surface area contributed by atoms with Gasteiger partial charge in [-0.25, -0.2) is 0 Å². The third-order valence-electron chi connectivity index (χ3n) is 2.76. The summed E-state index contributed by atoms with van der Waals surface area (Å²) in [6.45, 7) is 2.16. The van der Waals surface area contributed by atoms with Crippen LogP contribution in [0, 0.1) is 0 Å². The minimum absolute atomic E-state index is 0. The van der Waals surface area contributed by atoms with Crippen LogP contribution in [0.5, 0.6) is 0 Å². The molecule has 1 aliphatic heterocycles. The monoisotopic (exact) mass is 256 g/mol. The van der Waals surface area contributed by atoms with Crippen LogP contribution in [0.4, 0.5) is 5.69 Å². The summed E-state index contributed by atoms with van der Waals surface area (Å²) in [7, 11) is 1.39. The molecule has 5 heteroatoms. The predicted octanol–water partition coefficient (Wildman–Crippen LogP) is 1.34. The number of nitrogens with one attached hydrogen (secondary N) is 2. The first-order valence-electron chi connectivity index (χ1n) is 5.43. The van der Waals surface area contributed by atoms with Crippen molar-refractivity contribution in [1.82, 2.24) is 5.32 Å². The molecule has 0 aliphatic carbocycles. The molecule has 17 heavy (non-hydrogen) atoms. The maximum atomic E-state index is 11.0. The summed E-state index contributed by atoms with van der Waals surface area (Å²) in [5.41, 5.74) is 3.66. The maximum absolute atomic E-state index is 11.0. The Bertz CT molecular complexity index is 396. The molecule has 4 nitrogen and oxygen atoms in total. The molecule has 0 spiro atoms. The van der Waals surface area contributed by atoms with E-state index in [0.717, 1.165) is 25.2 Å². The second-order valence-corrected chi connectivity index (χ2v) is 3.84. The first kappa shape index (κ1) is 13.8. The lowest BCUT2D eigenvalue weighted by Gasteiger charge is -2.18. The van der Waals surface area contributed by atoms with Gasteiger partial charge in [-0.05, 0) is 36.2 Å². The molecule has 1 aromatic carbocycles. The van der Waals surface area contributed by atoms with E-state index in [1.54, 1.807) is 0 Å². The third-order valence-corrected chi connectivity index (χ3v) is 2.76. The van der Waals surface area contributed by atoms with Gasteiger partial charge in [-0.3, -0.25) is 4.79 Å². The molecular formula is C12H17ClN2O2. The average Bonchev–Trinajstić information content (AvgIpc) is 2.35. The van der Waals surface area contributed by atoms with E-state index in [0.29, 0.717) is 0 Å². The lowest BCUT2D eigenvalue weighted by atomic mass is 10.0. The fraction of sp³-hybridized carbons (Fsp3) is 0.417. The zero-order chi connectivity index (χ0) is 11.4. The fourth-order valence-corrected chi connectivity index (χ4v) is 1.84. The predicted molar refractivity (Wildman–Crippen MR) is 69.6 cm³/mol. The Labute approximate surface area is 107 Å². The summed E-state index contributed by atoms with van der Waals surface area (Å²) in [6, 6.07) is 6.22. The first-order valence-corrected chi connectivity index (χ1v) is 5.43. The van der Waals surface area contributed by atoms with Gasteiger partial charge >= 0.3 is 5.97 Å². The second-order valence-electron chi connectivity index (χ2n) is 3.84. The summed E-state index contributed by atoms with van der Waals surface area (Å²) in [5, 5.41) is 6.37. The van der Waals surface area contributed by atoms with E-state index in [-0.39, 0.29) is 24.9 Å². The third kappa shape index (κ3) is 3.61. The molecule has 1 aliphatic rings. The van der Waals surface area contributed by atoms with Gasteiger partial charge in [0.25, 0.3) is 0 Å². The van der Waals surface area contributed by atoms with Crippen LogP contribution in [-0.2, 0) is 22.5 Å². The largest absolute Gasteiger partial charge is 0.468 e. The molecule has 0 aromatic heterocycles. The minimum Gasteiger partial charge on any atom is -0.468 e. The van der Waals surface area contributed by atoms with E-state index in [1.807, 2.05) is 6.07 Å². The van der Waals surface area contributed by atoms with E-state index < -0.39 is 0 Å². The lowest BCUT2D eigenvalue weighted by molar-refractivity contribution is -0.138. The Morgan fingerprint density at radius 2 is 2.29 bits per heavy atom. The van der Waals surface area contributed by atoms with Crippen LogP contribution in [0.25, 0.3) is 0 Å². The standard InChI is InChI=1S/C12H16N2O2.ClH/c1-16-12(15)8-14-11-3-2-9-4-5-13-7-10(9)6-11;/h2-3,6,13-14H,4-5,7-8H2,1H3;1H. The van der Waals surface area contributed by atoms with Crippen molar-refractivity contribution >= 4 is 24.1 Å². The number of fused-ring (bicyclic) bond motifs is 1. The van der Waals surface area contributed by atoms with E-state index in [4.69, 9.17) is 0 Å². The number of esters is 1. The maximum Gasteiger partial charge on any atom is 0.325 e. The number of rotatable bonds is 3. The van der Waals surface area contributed by atoms with Crippen molar-refractivity contribution in [1.29, 1.82) is 0 Å². The van der Waals surface area contributed by atoms with Gasteiger partial charge in [0.15, 0.2) is 0 Å². The molecule has 0 bridgehead atoms. The van der Waals surface area contributed by atoms with Crippen LogP contribution in [0.3, 0.4) is 0 Å². The number of ether oxygens (including phenoxy) is 1. The number of halogens is 1. The highest BCUT2D eigenvalue weighted by atomic mass is 35.5. The number of methoxy groups -OCH3 is 1. The van der Waals surface area contributed by atoms with E-state index >= 15 is 0 Å². The van der Waals surface area contributed by atoms with Crippen LogP contribution in [0.15, 0.2) is 18.2 Å². The number of hydrogen-bond acceptors (Lipinski definition) is 4. The molecule has 0 radical (unpaired) electrons. The SMILES string of the molecule is COC(=O)CNc1ccc2c(c1)CNCC2.Cl. The summed E-state index contributed by atoms with van der Waals surface area (Å²) in [6.07, 6.45) is 1.08. The number of benzene rings is 1. The van der Waals surface area contributed by atoms with Crippen molar-refractivity contribution in [3.8, 4) is 0 Å². The van der Waals surface area contributed by atoms with Crippen molar-refractivity contribution in [2.75, 3.05) is 25.5 Å². The highest BCUT2D eigenvalue weighted by Gasteiger charge is 2.09. The Morgan fingerprint density at radius 1 is 1.47 bits per heavy atom. The molecule has 0 saturated heterocycles. The molecule has 1 heterocycles. The number of hydrogen-bond donors (Lipinski definition) is 2. The van der Waals surface area contributed by atoms with Crippen LogP contribution >= 0.6 is 12.4 Å². The molecule has 2 N–H and O–H groups in total. The van der Waals surface area contributed by atoms with Gasteiger partial charge < -0.3 is 15.4 Å². The Morgan fingerprint density at radius 3 is 3.06 bits per heavy atom. The Kier molecular flexibility index (Phi) is 5.25. The summed E-state index contributed by atoms with van der Waals surface area (Å²) in [5.74, 6) is -0.254. The highest BCUT2D eigenvalue weighted by molar-refractivity contribution is 5.85. The van der Waals surface area contributed by atoms with Crippen molar-refractivity contribution in [2.24, 2.45) is 0 Å². The van der Waals surface area contributed by atoms with Crippen LogP contribution in [0.1, 0.15) is 11.1 Å².